The van der Waals surface area contributed by atoms with Gasteiger partial charge in [-0.15, -0.1) is 0 Å². The van der Waals surface area contributed by atoms with Gasteiger partial charge in [0.2, 0.25) is 12.4 Å². The number of fused-ring (bicyclic) bond motifs is 2. The molecule has 0 bridgehead atoms. The quantitative estimate of drug-likeness (QED) is 0.0492. The number of phenolic OH excluding ortho intramolecular Hbond substituents is 1. The third-order valence-electron chi connectivity index (χ3n) is 9.73. The van der Waals surface area contributed by atoms with E-state index in [9.17, 15) is 39.6 Å². The first-order chi connectivity index (χ1) is 27.4. The van der Waals surface area contributed by atoms with Crippen LogP contribution in [0.25, 0.3) is 27.8 Å². The molecule has 4 heterocycles. The summed E-state index contributed by atoms with van der Waals surface area (Å²) in [7, 11) is 0. The predicted octanol–water partition coefficient (Wildman–Crippen LogP) is 0.0265. The molecule has 7 rings (SSSR count). The van der Waals surface area contributed by atoms with E-state index in [1.807, 2.05) is 38.1 Å². The number of phenols is 1. The van der Waals surface area contributed by atoms with Gasteiger partial charge in [0.15, 0.2) is 11.1 Å². The number of aryl methyl sites for hydroxylation is 2. The summed E-state index contributed by atoms with van der Waals surface area (Å²) in [6.07, 6.45) is -2.47. The van der Waals surface area contributed by atoms with Crippen LogP contribution in [0.4, 0.5) is 0 Å². The van der Waals surface area contributed by atoms with Gasteiger partial charge in [-0.05, 0) is 61.9 Å². The number of quaternary nitrogens is 1. The van der Waals surface area contributed by atoms with Crippen LogP contribution in [-0.4, -0.2) is 96.2 Å². The molecule has 0 radical (unpaired) electrons. The molecule has 57 heavy (non-hydrogen) atoms. The zero-order valence-electron chi connectivity index (χ0n) is 30.7. The van der Waals surface area contributed by atoms with Crippen LogP contribution in [0, 0.1) is 13.8 Å². The minimum atomic E-state index is -1.92. The molecule has 296 valence electrons. The second-order valence-corrected chi connectivity index (χ2v) is 13.9. The molecule has 0 spiro atoms. The number of ether oxygens (including phenoxy) is 3. The van der Waals surface area contributed by atoms with Crippen molar-refractivity contribution in [3.05, 3.63) is 111 Å². The molecule has 3 aliphatic rings. The number of hydrogen-bond acceptors (Lipinski definition) is 15. The van der Waals surface area contributed by atoms with Crippen molar-refractivity contribution in [3.8, 4) is 22.6 Å². The van der Waals surface area contributed by atoms with Gasteiger partial charge in [0, 0.05) is 36.4 Å². The summed E-state index contributed by atoms with van der Waals surface area (Å²) in [6.45, 7) is 3.38. The first-order valence-corrected chi connectivity index (χ1v) is 18.1. The van der Waals surface area contributed by atoms with Gasteiger partial charge in [-0.25, -0.2) is 9.79 Å². The van der Waals surface area contributed by atoms with Crippen molar-refractivity contribution in [2.24, 2.45) is 4.99 Å². The number of aliphatic carboxylic acids is 1. The number of esters is 1. The van der Waals surface area contributed by atoms with Crippen LogP contribution in [-0.2, 0) is 28.7 Å². The van der Waals surface area contributed by atoms with Gasteiger partial charge in [0.1, 0.15) is 72.8 Å². The number of carbonyl (C=O) groups excluding carboxylic acids is 3. The summed E-state index contributed by atoms with van der Waals surface area (Å²) < 4.78 is 23.4. The molecule has 1 aromatic heterocycles. The van der Waals surface area contributed by atoms with Gasteiger partial charge in [-0.3, -0.25) is 10.1 Å². The van der Waals surface area contributed by atoms with Crippen molar-refractivity contribution in [3.63, 3.8) is 0 Å². The minimum Gasteiger partial charge on any atom is -0.548 e. The summed E-state index contributed by atoms with van der Waals surface area (Å²) in [4.78, 5) is 59.7. The van der Waals surface area contributed by atoms with E-state index < -0.39 is 55.3 Å². The molecule has 0 saturated carbocycles. The van der Waals surface area contributed by atoms with Crippen molar-refractivity contribution < 1.29 is 63.3 Å². The Bertz CT molecular complexity index is 2330. The Morgan fingerprint density at radius 2 is 1.81 bits per heavy atom. The maximum absolute atomic E-state index is 13.5. The molecule has 5 N–H and O–H groups in total. The van der Waals surface area contributed by atoms with Gasteiger partial charge < -0.3 is 48.6 Å². The summed E-state index contributed by atoms with van der Waals surface area (Å²) in [5, 5.41) is 47.3. The zero-order chi connectivity index (χ0) is 40.4. The second kappa shape index (κ2) is 16.6. The highest BCUT2D eigenvalue weighted by atomic mass is 16.8. The van der Waals surface area contributed by atoms with Gasteiger partial charge in [0.25, 0.3) is 0 Å². The van der Waals surface area contributed by atoms with E-state index in [4.69, 9.17) is 23.5 Å². The van der Waals surface area contributed by atoms with Crippen molar-refractivity contribution >= 4 is 41.1 Å². The number of aliphatic imine (C=N–C) groups is 1. The van der Waals surface area contributed by atoms with Crippen LogP contribution >= 0.6 is 0 Å². The van der Waals surface area contributed by atoms with E-state index in [1.165, 1.54) is 36.6 Å². The van der Waals surface area contributed by atoms with Crippen LogP contribution in [0.1, 0.15) is 23.1 Å². The maximum atomic E-state index is 13.5. The van der Waals surface area contributed by atoms with Crippen LogP contribution in [0.15, 0.2) is 98.5 Å². The fourth-order valence-corrected chi connectivity index (χ4v) is 7.02. The molecule has 16 heteroatoms. The number of rotatable bonds is 14. The predicted molar refractivity (Wildman–Crippen MR) is 199 cm³/mol. The molecule has 0 amide bonds. The molecule has 3 aromatic carbocycles. The van der Waals surface area contributed by atoms with Gasteiger partial charge in [0.05, 0.1) is 16.9 Å². The maximum Gasteiger partial charge on any atom is 0.329 e. The number of carbonyl (C=O) groups is 3. The molecule has 7 atom stereocenters. The van der Waals surface area contributed by atoms with Crippen molar-refractivity contribution in [2.75, 3.05) is 19.7 Å². The second-order valence-electron chi connectivity index (χ2n) is 13.9. The average molecular weight is 782 g/mol. The molecular formula is C41H39N3O13. The first kappa shape index (κ1) is 39.2. The smallest absolute Gasteiger partial charge is 0.329 e. The number of benzene rings is 3. The van der Waals surface area contributed by atoms with E-state index in [0.29, 0.717) is 34.9 Å². The SMILES string of the molecule is Cc1cc(C)cc(C2=C3N=CC=C3C[NH+]2OC2C(Oc3ccc4c(=O)c(-c5ccc(O)cc5)coc4c3)OC(COC(=O)C(NCCC=O)C(=O)[O-])C(O)C2O)c1. The van der Waals surface area contributed by atoms with Crippen LogP contribution < -0.4 is 25.7 Å². The summed E-state index contributed by atoms with van der Waals surface area (Å²) >= 11 is 0. The molecule has 4 aromatic rings. The van der Waals surface area contributed by atoms with Gasteiger partial charge >= 0.3 is 5.97 Å². The number of aromatic hydroxyl groups is 1. The number of nitrogens with zero attached hydrogens (tertiary/aromatic N) is 1. The first-order valence-electron chi connectivity index (χ1n) is 18.1. The lowest BCUT2D eigenvalue weighted by molar-refractivity contribution is -1.04. The lowest BCUT2D eigenvalue weighted by atomic mass is 9.99. The monoisotopic (exact) mass is 781 g/mol. The van der Waals surface area contributed by atoms with Gasteiger partial charge in [-0.1, -0.05) is 29.3 Å². The Morgan fingerprint density at radius 3 is 2.53 bits per heavy atom. The normalized spacial score (nSPS) is 23.3. The fourth-order valence-electron chi connectivity index (χ4n) is 7.02. The van der Waals surface area contributed by atoms with Crippen LogP contribution in [0.3, 0.4) is 0 Å². The number of nitrogens with one attached hydrogen (secondary N) is 2. The Kier molecular flexibility index (Phi) is 11.4. The van der Waals surface area contributed by atoms with Gasteiger partial charge in [-0.2, -0.15) is 9.90 Å². The third kappa shape index (κ3) is 8.27. The standard InChI is InChI=1S/C41H39N3O13/c1-21-14-22(2)16-25(15-21)34-32-24(10-12-43-32)18-44(34)57-38-37(49)36(48)31(20-54-40(52)33(39(50)51)42-11-3-13-45)56-41(38)55-27-8-9-28-30(17-27)53-19-29(35(28)47)23-4-6-26(46)7-5-23/h4-10,12-17,19,31,33,36-38,41-42,46,48-49H,3,11,18,20H2,1-2H3,(H,50,51). The molecular weight excluding hydrogens is 742 g/mol. The number of aliphatic hydroxyl groups excluding tert-OH is 2. The zero-order valence-corrected chi connectivity index (χ0v) is 30.7. The highest BCUT2D eigenvalue weighted by molar-refractivity contribution is 5.97. The van der Waals surface area contributed by atoms with Crippen molar-refractivity contribution in [2.45, 2.75) is 57.0 Å². The number of carboxylic acid groups (broad SMARTS) is 1. The summed E-state index contributed by atoms with van der Waals surface area (Å²) in [5.41, 5.74) is 5.71. The van der Waals surface area contributed by atoms with Crippen LogP contribution in [0.5, 0.6) is 11.5 Å². The lowest BCUT2D eigenvalue weighted by Gasteiger charge is -2.41. The number of aliphatic hydroxyl groups is 2. The molecule has 1 saturated heterocycles. The van der Waals surface area contributed by atoms with E-state index in [1.54, 1.807) is 18.3 Å². The number of hydrogen-bond donors (Lipinski definition) is 5. The number of hydroxylamine groups is 2. The summed E-state index contributed by atoms with van der Waals surface area (Å²) in [5.74, 6) is -2.91. The van der Waals surface area contributed by atoms with Crippen molar-refractivity contribution in [1.82, 2.24) is 5.32 Å². The third-order valence-corrected chi connectivity index (χ3v) is 9.73. The number of aldehydes is 1. The number of allylic oxidation sites excluding steroid dienone is 1. The fraction of sp³-hybridized carbons (Fsp3) is 0.293. The van der Waals surface area contributed by atoms with E-state index in [0.717, 1.165) is 22.3 Å². The molecule has 3 aliphatic heterocycles. The largest absolute Gasteiger partial charge is 0.548 e. The summed E-state index contributed by atoms with van der Waals surface area (Å²) in [6, 6.07) is 14.6. The molecule has 16 nitrogen and oxygen atoms in total. The van der Waals surface area contributed by atoms with Crippen molar-refractivity contribution in [1.29, 1.82) is 0 Å². The molecule has 7 unspecified atom stereocenters. The molecule has 1 fully saturated rings. The Labute approximate surface area is 324 Å². The minimum absolute atomic E-state index is 0.0405. The van der Waals surface area contributed by atoms with Crippen LogP contribution in [0.2, 0.25) is 0 Å². The van der Waals surface area contributed by atoms with E-state index >= 15 is 0 Å². The average Bonchev–Trinajstić information content (AvgIpc) is 3.77. The highest BCUT2D eigenvalue weighted by Crippen LogP contribution is 2.32. The Morgan fingerprint density at radius 1 is 1.05 bits per heavy atom. The topological polar surface area (TPSA) is 231 Å². The number of carboxylic acids is 1. The van der Waals surface area contributed by atoms with E-state index in [2.05, 4.69) is 10.3 Å². The lowest BCUT2D eigenvalue weighted by Crippen LogP contribution is -3.08. The van der Waals surface area contributed by atoms with E-state index in [-0.39, 0.29) is 46.4 Å². The molecule has 0 aliphatic carbocycles. The Balaban J connectivity index is 1.18. The Hall–Kier alpha value is -6.01. The highest BCUT2D eigenvalue weighted by Gasteiger charge is 2.51.